The number of hydrogen-bond donors (Lipinski definition) is 1. The molecule has 1 aliphatic heterocycles. The predicted molar refractivity (Wildman–Crippen MR) is 69.6 cm³/mol. The lowest BCUT2D eigenvalue weighted by atomic mass is 9.92. The van der Waals surface area contributed by atoms with Gasteiger partial charge in [0.2, 0.25) is 0 Å². The Hall–Kier alpha value is -0.340. The molecule has 0 radical (unpaired) electrons. The first-order valence-electron chi connectivity index (χ1n) is 6.74. The number of nitrogens with one attached hydrogen (secondary N) is 1. The van der Waals surface area contributed by atoms with Gasteiger partial charge >= 0.3 is 0 Å². The van der Waals surface area contributed by atoms with Crippen molar-refractivity contribution in [2.24, 2.45) is 11.3 Å². The van der Waals surface area contributed by atoms with E-state index in [0.717, 1.165) is 24.4 Å². The molecule has 0 aromatic carbocycles. The Morgan fingerprint density at radius 3 is 2.69 bits per heavy atom. The van der Waals surface area contributed by atoms with Gasteiger partial charge in [0.05, 0.1) is 0 Å². The fourth-order valence-corrected chi connectivity index (χ4v) is 3.23. The van der Waals surface area contributed by atoms with E-state index in [0.29, 0.717) is 0 Å². The van der Waals surface area contributed by atoms with Crippen LogP contribution in [0.25, 0.3) is 0 Å². The fourth-order valence-electron chi connectivity index (χ4n) is 3.23. The summed E-state index contributed by atoms with van der Waals surface area (Å²) in [6, 6.07) is 0. The van der Waals surface area contributed by atoms with Gasteiger partial charge < -0.3 is 5.32 Å². The molecule has 0 amide bonds. The number of nitrogens with zero attached hydrogens (tertiary/aromatic N) is 1. The molecule has 1 N–H and O–H groups in total. The Balaban J connectivity index is 1.79. The normalized spacial score (nSPS) is 27.3. The number of rotatable bonds is 5. The zero-order valence-corrected chi connectivity index (χ0v) is 10.9. The molecule has 1 saturated heterocycles. The van der Waals surface area contributed by atoms with Gasteiger partial charge in [-0.1, -0.05) is 19.1 Å². The third-order valence-corrected chi connectivity index (χ3v) is 4.38. The molecule has 0 aromatic rings. The van der Waals surface area contributed by atoms with E-state index in [4.69, 9.17) is 0 Å². The maximum Gasteiger partial charge on any atom is 0.0187 e. The van der Waals surface area contributed by atoms with Crippen LogP contribution in [0.5, 0.6) is 0 Å². The highest BCUT2D eigenvalue weighted by atomic mass is 15.1. The largest absolute Gasteiger partial charge is 0.317 e. The van der Waals surface area contributed by atoms with E-state index in [1.165, 1.54) is 44.5 Å². The molecule has 16 heavy (non-hydrogen) atoms. The molecule has 1 unspecified atom stereocenters. The quantitative estimate of drug-likeness (QED) is 0.718. The zero-order valence-electron chi connectivity index (χ0n) is 10.9. The van der Waals surface area contributed by atoms with Crippen molar-refractivity contribution in [1.82, 2.24) is 10.2 Å². The Morgan fingerprint density at radius 1 is 1.44 bits per heavy atom. The molecule has 2 nitrogen and oxygen atoms in total. The highest BCUT2D eigenvalue weighted by Gasteiger charge is 2.53. The summed E-state index contributed by atoms with van der Waals surface area (Å²) >= 11 is 0. The van der Waals surface area contributed by atoms with Crippen LogP contribution in [-0.2, 0) is 0 Å². The first kappa shape index (κ1) is 12.1. The van der Waals surface area contributed by atoms with Gasteiger partial charge in [-0.3, -0.25) is 4.90 Å². The second-order valence-electron chi connectivity index (χ2n) is 5.80. The lowest BCUT2D eigenvalue weighted by Gasteiger charge is -2.26. The lowest BCUT2D eigenvalue weighted by molar-refractivity contribution is 0.250. The van der Waals surface area contributed by atoms with Crippen LogP contribution in [0.3, 0.4) is 0 Å². The van der Waals surface area contributed by atoms with E-state index in [2.05, 4.69) is 30.6 Å². The molecule has 92 valence electrons. The van der Waals surface area contributed by atoms with Gasteiger partial charge in [-0.2, -0.15) is 0 Å². The van der Waals surface area contributed by atoms with Crippen LogP contribution in [0.2, 0.25) is 0 Å². The van der Waals surface area contributed by atoms with E-state index in [1.54, 1.807) is 0 Å². The second-order valence-corrected chi connectivity index (χ2v) is 5.80. The highest BCUT2D eigenvalue weighted by molar-refractivity contribution is 5.06. The van der Waals surface area contributed by atoms with Crippen LogP contribution in [0.15, 0.2) is 12.2 Å². The summed E-state index contributed by atoms with van der Waals surface area (Å²) in [4.78, 5) is 2.56. The van der Waals surface area contributed by atoms with Crippen molar-refractivity contribution in [1.29, 1.82) is 0 Å². The van der Waals surface area contributed by atoms with Gasteiger partial charge in [-0.15, -0.1) is 0 Å². The van der Waals surface area contributed by atoms with Crippen LogP contribution in [0.4, 0.5) is 0 Å². The molecule has 2 rings (SSSR count). The Bertz CT molecular complexity index is 253. The first-order chi connectivity index (χ1) is 7.66. The van der Waals surface area contributed by atoms with Crippen molar-refractivity contribution in [3.05, 3.63) is 12.2 Å². The van der Waals surface area contributed by atoms with Gasteiger partial charge in [0, 0.05) is 13.1 Å². The van der Waals surface area contributed by atoms with Gasteiger partial charge in [0.15, 0.2) is 0 Å². The maximum absolute atomic E-state index is 4.02. The fraction of sp³-hybridized carbons (Fsp3) is 0.857. The molecule has 1 aliphatic carbocycles. The molecule has 2 heteroatoms. The summed E-state index contributed by atoms with van der Waals surface area (Å²) in [5.41, 5.74) is 2.02. The second kappa shape index (κ2) is 4.89. The van der Waals surface area contributed by atoms with Gasteiger partial charge in [0.25, 0.3) is 0 Å². The monoisotopic (exact) mass is 222 g/mol. The average molecular weight is 222 g/mol. The molecule has 1 spiro atoms. The number of hydrogen-bond acceptors (Lipinski definition) is 2. The van der Waals surface area contributed by atoms with Crippen LogP contribution < -0.4 is 5.32 Å². The Labute approximate surface area is 100 Å². The highest BCUT2D eigenvalue weighted by Crippen LogP contribution is 2.58. The molecular formula is C14H26N2. The van der Waals surface area contributed by atoms with Crippen molar-refractivity contribution in [3.63, 3.8) is 0 Å². The summed E-state index contributed by atoms with van der Waals surface area (Å²) in [5, 5.41) is 3.47. The molecule has 1 atom stereocenters. The SMILES string of the molecule is C=C(C)CN(CC)CC1CC12CCNCC2. The van der Waals surface area contributed by atoms with Crippen LogP contribution >= 0.6 is 0 Å². The summed E-state index contributed by atoms with van der Waals surface area (Å²) < 4.78 is 0. The van der Waals surface area contributed by atoms with E-state index in [1.807, 2.05) is 0 Å². The molecular weight excluding hydrogens is 196 g/mol. The molecule has 2 aliphatic rings. The van der Waals surface area contributed by atoms with E-state index >= 15 is 0 Å². The van der Waals surface area contributed by atoms with Gasteiger partial charge in [0.1, 0.15) is 0 Å². The molecule has 2 fully saturated rings. The van der Waals surface area contributed by atoms with Gasteiger partial charge in [-0.25, -0.2) is 0 Å². The van der Waals surface area contributed by atoms with Crippen molar-refractivity contribution in [3.8, 4) is 0 Å². The topological polar surface area (TPSA) is 15.3 Å². The van der Waals surface area contributed by atoms with Crippen LogP contribution in [0.1, 0.15) is 33.1 Å². The minimum atomic E-state index is 0.730. The molecule has 0 aromatic heterocycles. The van der Waals surface area contributed by atoms with E-state index < -0.39 is 0 Å². The van der Waals surface area contributed by atoms with Crippen LogP contribution in [-0.4, -0.2) is 37.6 Å². The molecule has 1 heterocycles. The third-order valence-electron chi connectivity index (χ3n) is 4.38. The van der Waals surface area contributed by atoms with Crippen molar-refractivity contribution < 1.29 is 0 Å². The van der Waals surface area contributed by atoms with Crippen molar-refractivity contribution in [2.75, 3.05) is 32.7 Å². The minimum absolute atomic E-state index is 0.730. The van der Waals surface area contributed by atoms with E-state index in [9.17, 15) is 0 Å². The minimum Gasteiger partial charge on any atom is -0.317 e. The average Bonchev–Trinajstić information content (AvgIpc) is 2.90. The van der Waals surface area contributed by atoms with Crippen LogP contribution in [0, 0.1) is 11.3 Å². The molecule has 0 bridgehead atoms. The van der Waals surface area contributed by atoms with Crippen molar-refractivity contribution in [2.45, 2.75) is 33.1 Å². The molecule has 1 saturated carbocycles. The summed E-state index contributed by atoms with van der Waals surface area (Å²) in [6.45, 7) is 14.4. The van der Waals surface area contributed by atoms with Gasteiger partial charge in [-0.05, 0) is 57.2 Å². The Kier molecular flexibility index (Phi) is 3.70. The number of likely N-dealkylation sites (N-methyl/N-ethyl adjacent to an activating group) is 1. The zero-order chi connectivity index (χ0) is 11.6. The van der Waals surface area contributed by atoms with E-state index in [-0.39, 0.29) is 0 Å². The smallest absolute Gasteiger partial charge is 0.0187 e. The summed E-state index contributed by atoms with van der Waals surface area (Å²) in [7, 11) is 0. The summed E-state index contributed by atoms with van der Waals surface area (Å²) in [6.07, 6.45) is 4.28. The summed E-state index contributed by atoms with van der Waals surface area (Å²) in [5.74, 6) is 0.967. The standard InChI is InChI=1S/C14H26N2/c1-4-16(10-12(2)3)11-13-9-14(13)5-7-15-8-6-14/h13,15H,2,4-11H2,1,3H3. The van der Waals surface area contributed by atoms with Crippen molar-refractivity contribution >= 4 is 0 Å². The number of piperidine rings is 1. The first-order valence-corrected chi connectivity index (χ1v) is 6.74. The Morgan fingerprint density at radius 2 is 2.12 bits per heavy atom. The predicted octanol–water partition coefficient (Wildman–Crippen LogP) is 2.27. The lowest BCUT2D eigenvalue weighted by Crippen LogP contribution is -2.33. The third kappa shape index (κ3) is 2.67. The maximum atomic E-state index is 4.02.